The molecule has 2 rings (SSSR count). The normalized spacial score (nSPS) is 25.6. The van der Waals surface area contributed by atoms with Crippen molar-refractivity contribution in [3.63, 3.8) is 0 Å². The van der Waals surface area contributed by atoms with E-state index >= 15 is 0 Å². The first-order chi connectivity index (χ1) is 11.2. The van der Waals surface area contributed by atoms with Crippen molar-refractivity contribution >= 4 is 23.6 Å². The van der Waals surface area contributed by atoms with Gasteiger partial charge in [-0.25, -0.2) is 0 Å². The van der Waals surface area contributed by atoms with Gasteiger partial charge in [0.25, 0.3) is 0 Å². The van der Waals surface area contributed by atoms with Crippen molar-refractivity contribution in [3.8, 4) is 0 Å². The summed E-state index contributed by atoms with van der Waals surface area (Å²) in [5.41, 5.74) is 0. The lowest BCUT2D eigenvalue weighted by Crippen LogP contribution is -2.51. The first-order valence-electron chi connectivity index (χ1n) is 8.88. The Bertz CT molecular complexity index is 399. The predicted molar refractivity (Wildman–Crippen MR) is 93.2 cm³/mol. The molecule has 5 nitrogen and oxygen atoms in total. The van der Waals surface area contributed by atoms with Gasteiger partial charge in [0.2, 0.25) is 11.8 Å². The topological polar surface area (TPSA) is 58.6 Å². The molecule has 2 atom stereocenters. The molecule has 0 radical (unpaired) electrons. The van der Waals surface area contributed by atoms with Crippen LogP contribution in [0.1, 0.15) is 51.9 Å². The molecule has 0 bridgehead atoms. The number of methoxy groups -OCH3 is 1. The third-order valence-electron chi connectivity index (χ3n) is 4.81. The molecule has 1 N–H and O–H groups in total. The molecule has 0 aromatic carbocycles. The lowest BCUT2D eigenvalue weighted by atomic mass is 9.88. The highest BCUT2D eigenvalue weighted by atomic mass is 32.2. The van der Waals surface area contributed by atoms with E-state index in [0.29, 0.717) is 25.5 Å². The molecule has 23 heavy (non-hydrogen) atoms. The number of rotatable bonds is 7. The molecule has 1 saturated heterocycles. The van der Waals surface area contributed by atoms with Crippen LogP contribution in [0, 0.1) is 5.92 Å². The summed E-state index contributed by atoms with van der Waals surface area (Å²) in [5, 5.41) is 3.16. The standard InChI is InChI=1S/C17H30N2O3S/c1-3-15(20)19-14(16(21)18-10-7-11-22-2)12-23-17(19)13-8-5-4-6-9-13/h13-14,17H,3-12H2,1-2H3,(H,18,21). The number of carbonyl (C=O) groups excluding carboxylic acids is 2. The molecule has 1 aliphatic carbocycles. The van der Waals surface area contributed by atoms with Gasteiger partial charge in [-0.1, -0.05) is 26.2 Å². The van der Waals surface area contributed by atoms with Gasteiger partial charge in [-0.05, 0) is 25.2 Å². The number of hydrogen-bond donors (Lipinski definition) is 1. The van der Waals surface area contributed by atoms with E-state index in [1.54, 1.807) is 18.9 Å². The van der Waals surface area contributed by atoms with Crippen molar-refractivity contribution in [3.05, 3.63) is 0 Å². The smallest absolute Gasteiger partial charge is 0.243 e. The highest BCUT2D eigenvalue weighted by Crippen LogP contribution is 2.40. The molecule has 2 unspecified atom stereocenters. The van der Waals surface area contributed by atoms with E-state index < -0.39 is 0 Å². The minimum absolute atomic E-state index is 0.00582. The molecule has 2 amide bonds. The Morgan fingerprint density at radius 3 is 2.65 bits per heavy atom. The van der Waals surface area contributed by atoms with Gasteiger partial charge in [0, 0.05) is 32.4 Å². The second-order valence-corrected chi connectivity index (χ2v) is 7.58. The molecule has 2 fully saturated rings. The monoisotopic (exact) mass is 342 g/mol. The second kappa shape index (κ2) is 9.52. The van der Waals surface area contributed by atoms with E-state index in [0.717, 1.165) is 12.2 Å². The van der Waals surface area contributed by atoms with E-state index in [2.05, 4.69) is 5.32 Å². The van der Waals surface area contributed by atoms with E-state index in [1.807, 2.05) is 11.8 Å². The summed E-state index contributed by atoms with van der Waals surface area (Å²) in [5.74, 6) is 1.38. The third-order valence-corrected chi connectivity index (χ3v) is 6.27. The van der Waals surface area contributed by atoms with E-state index in [4.69, 9.17) is 4.74 Å². The van der Waals surface area contributed by atoms with Gasteiger partial charge in [0.15, 0.2) is 0 Å². The molecule has 0 aromatic rings. The van der Waals surface area contributed by atoms with Crippen molar-refractivity contribution in [1.29, 1.82) is 0 Å². The maximum atomic E-state index is 12.5. The van der Waals surface area contributed by atoms with E-state index in [9.17, 15) is 9.59 Å². The zero-order valence-corrected chi connectivity index (χ0v) is 15.2. The molecular weight excluding hydrogens is 312 g/mol. The summed E-state index contributed by atoms with van der Waals surface area (Å²) in [6.07, 6.45) is 7.46. The highest BCUT2D eigenvalue weighted by molar-refractivity contribution is 8.00. The molecule has 1 saturated carbocycles. The first kappa shape index (κ1) is 18.6. The van der Waals surface area contributed by atoms with Crippen LogP contribution >= 0.6 is 11.8 Å². The third kappa shape index (κ3) is 4.86. The second-order valence-electron chi connectivity index (χ2n) is 6.43. The zero-order chi connectivity index (χ0) is 16.7. The molecule has 1 heterocycles. The Hall–Kier alpha value is -0.750. The Labute approximate surface area is 143 Å². The number of ether oxygens (including phenoxy) is 1. The summed E-state index contributed by atoms with van der Waals surface area (Å²) in [7, 11) is 1.66. The van der Waals surface area contributed by atoms with Crippen LogP contribution in [0.2, 0.25) is 0 Å². The van der Waals surface area contributed by atoms with Gasteiger partial charge in [-0.15, -0.1) is 11.8 Å². The summed E-state index contributed by atoms with van der Waals surface area (Å²) >= 11 is 1.80. The fourth-order valence-corrected chi connectivity index (χ4v) is 5.22. The van der Waals surface area contributed by atoms with Crippen molar-refractivity contribution < 1.29 is 14.3 Å². The maximum absolute atomic E-state index is 12.5. The van der Waals surface area contributed by atoms with Gasteiger partial charge in [-0.2, -0.15) is 0 Å². The summed E-state index contributed by atoms with van der Waals surface area (Å²) < 4.78 is 5.00. The number of nitrogens with one attached hydrogen (secondary N) is 1. The number of carbonyl (C=O) groups is 2. The average molecular weight is 343 g/mol. The molecule has 6 heteroatoms. The Morgan fingerprint density at radius 2 is 2.00 bits per heavy atom. The van der Waals surface area contributed by atoms with Crippen LogP contribution in [-0.2, 0) is 14.3 Å². The SMILES string of the molecule is CCC(=O)N1C(C(=O)NCCCOC)CSC1C1CCCCC1. The van der Waals surface area contributed by atoms with Gasteiger partial charge in [0.1, 0.15) is 6.04 Å². The lowest BCUT2D eigenvalue weighted by Gasteiger charge is -2.35. The molecule has 1 aliphatic heterocycles. The number of thioether (sulfide) groups is 1. The highest BCUT2D eigenvalue weighted by Gasteiger charge is 2.44. The minimum atomic E-state index is -0.304. The minimum Gasteiger partial charge on any atom is -0.385 e. The van der Waals surface area contributed by atoms with Gasteiger partial charge in [-0.3, -0.25) is 9.59 Å². The van der Waals surface area contributed by atoms with E-state index in [1.165, 1.54) is 32.1 Å². The predicted octanol–water partition coefficient (Wildman–Crippen LogP) is 2.40. The Morgan fingerprint density at radius 1 is 1.26 bits per heavy atom. The zero-order valence-electron chi connectivity index (χ0n) is 14.4. The average Bonchev–Trinajstić information content (AvgIpc) is 3.03. The van der Waals surface area contributed by atoms with Crippen LogP contribution in [0.25, 0.3) is 0 Å². The Kier molecular flexibility index (Phi) is 7.70. The van der Waals surface area contributed by atoms with Gasteiger partial charge in [0.05, 0.1) is 5.37 Å². The molecule has 0 aromatic heterocycles. The van der Waals surface area contributed by atoms with Crippen molar-refractivity contribution in [2.24, 2.45) is 5.92 Å². The summed E-state index contributed by atoms with van der Waals surface area (Å²) in [6.45, 7) is 3.13. The van der Waals surface area contributed by atoms with Crippen molar-refractivity contribution in [2.75, 3.05) is 26.0 Å². The molecule has 0 spiro atoms. The van der Waals surface area contributed by atoms with Crippen LogP contribution in [0.5, 0.6) is 0 Å². The fraction of sp³-hybridized carbons (Fsp3) is 0.882. The quantitative estimate of drug-likeness (QED) is 0.722. The van der Waals surface area contributed by atoms with E-state index in [-0.39, 0.29) is 23.2 Å². The number of amides is 2. The summed E-state index contributed by atoms with van der Waals surface area (Å²) in [6, 6.07) is -0.304. The Balaban J connectivity index is 1.98. The maximum Gasteiger partial charge on any atom is 0.243 e. The first-order valence-corrected chi connectivity index (χ1v) is 9.93. The number of hydrogen-bond acceptors (Lipinski definition) is 4. The molecule has 2 aliphatic rings. The van der Waals surface area contributed by atoms with Crippen LogP contribution in [0.4, 0.5) is 0 Å². The lowest BCUT2D eigenvalue weighted by molar-refractivity contribution is -0.140. The molecular formula is C17H30N2O3S. The van der Waals surface area contributed by atoms with Crippen LogP contribution in [0.15, 0.2) is 0 Å². The van der Waals surface area contributed by atoms with Crippen molar-refractivity contribution in [1.82, 2.24) is 10.2 Å². The van der Waals surface area contributed by atoms with Crippen LogP contribution in [0.3, 0.4) is 0 Å². The van der Waals surface area contributed by atoms with Gasteiger partial charge >= 0.3 is 0 Å². The molecule has 132 valence electrons. The van der Waals surface area contributed by atoms with Crippen LogP contribution < -0.4 is 5.32 Å². The fourth-order valence-electron chi connectivity index (χ4n) is 3.56. The largest absolute Gasteiger partial charge is 0.385 e. The van der Waals surface area contributed by atoms with Crippen molar-refractivity contribution in [2.45, 2.75) is 63.3 Å². The number of nitrogens with zero attached hydrogens (tertiary/aromatic N) is 1. The van der Waals surface area contributed by atoms with Gasteiger partial charge < -0.3 is 15.0 Å². The summed E-state index contributed by atoms with van der Waals surface area (Å²) in [4.78, 5) is 26.9. The van der Waals surface area contributed by atoms with Crippen LogP contribution in [-0.4, -0.2) is 54.1 Å².